The highest BCUT2D eigenvalue weighted by atomic mass is 32.1. The quantitative estimate of drug-likeness (QED) is 0.804. The lowest BCUT2D eigenvalue weighted by atomic mass is 10.3. The van der Waals surface area contributed by atoms with Crippen LogP contribution in [0.1, 0.15) is 21.2 Å². The van der Waals surface area contributed by atoms with Crippen LogP contribution < -0.4 is 0 Å². The van der Waals surface area contributed by atoms with Gasteiger partial charge in [0.15, 0.2) is 5.82 Å². The fraction of sp³-hybridized carbons (Fsp3) is 0.267. The minimum Gasteiger partial charge on any atom is -0.339 e. The number of fused-ring (bicyclic) bond motifs is 1. The average molecular weight is 318 g/mol. The number of H-pyrrole nitrogens is 1. The molecule has 22 heavy (non-hydrogen) atoms. The van der Waals surface area contributed by atoms with Crippen molar-refractivity contribution in [2.75, 3.05) is 13.6 Å². The van der Waals surface area contributed by atoms with Crippen molar-refractivity contribution >= 4 is 28.3 Å². The molecular formula is C15H15FN4OS. The van der Waals surface area contributed by atoms with Gasteiger partial charge in [0.2, 0.25) is 0 Å². The third-order valence-electron chi connectivity index (χ3n) is 3.51. The normalized spacial score (nSPS) is 11.0. The van der Waals surface area contributed by atoms with Gasteiger partial charge in [0, 0.05) is 24.9 Å². The summed E-state index contributed by atoms with van der Waals surface area (Å²) < 4.78 is 13.2. The number of carbonyl (C=O) groups is 1. The fourth-order valence-electron chi connectivity index (χ4n) is 2.20. The van der Waals surface area contributed by atoms with Crippen LogP contribution in [0.2, 0.25) is 0 Å². The molecule has 1 N–H and O–H groups in total. The number of amides is 1. The van der Waals surface area contributed by atoms with E-state index in [9.17, 15) is 9.18 Å². The zero-order valence-electron chi connectivity index (χ0n) is 12.3. The molecule has 0 atom stereocenters. The second-order valence-electron chi connectivity index (χ2n) is 5.08. The average Bonchev–Trinajstić information content (AvgIpc) is 3.09. The summed E-state index contributed by atoms with van der Waals surface area (Å²) in [4.78, 5) is 26.4. The first-order valence-electron chi connectivity index (χ1n) is 6.84. The van der Waals surface area contributed by atoms with E-state index in [2.05, 4.69) is 15.0 Å². The minimum absolute atomic E-state index is 0.209. The van der Waals surface area contributed by atoms with Crippen LogP contribution >= 0.6 is 11.3 Å². The van der Waals surface area contributed by atoms with E-state index in [-0.39, 0.29) is 17.5 Å². The first-order chi connectivity index (χ1) is 10.5. The van der Waals surface area contributed by atoms with Crippen LogP contribution in [0.3, 0.4) is 0 Å². The lowest BCUT2D eigenvalue weighted by molar-refractivity contribution is 0.0786. The molecular weight excluding hydrogens is 303 g/mol. The van der Waals surface area contributed by atoms with Crippen LogP contribution in [0.4, 0.5) is 4.39 Å². The molecule has 7 heteroatoms. The maximum absolute atomic E-state index is 13.2. The van der Waals surface area contributed by atoms with Crippen molar-refractivity contribution in [3.05, 3.63) is 45.9 Å². The summed E-state index contributed by atoms with van der Waals surface area (Å²) in [6, 6.07) is 4.21. The van der Waals surface area contributed by atoms with Crippen molar-refractivity contribution in [1.29, 1.82) is 0 Å². The van der Waals surface area contributed by atoms with Crippen molar-refractivity contribution in [1.82, 2.24) is 19.9 Å². The van der Waals surface area contributed by atoms with E-state index in [4.69, 9.17) is 0 Å². The Morgan fingerprint density at radius 1 is 1.45 bits per heavy atom. The number of carbonyl (C=O) groups excluding carboxylic acids is 1. The van der Waals surface area contributed by atoms with Crippen LogP contribution in [-0.2, 0) is 6.42 Å². The predicted octanol–water partition coefficient (Wildman–Crippen LogP) is 2.78. The molecule has 114 valence electrons. The molecule has 0 spiro atoms. The van der Waals surface area contributed by atoms with Gasteiger partial charge in [0.05, 0.1) is 22.2 Å². The third-order valence-corrected chi connectivity index (χ3v) is 4.51. The lowest BCUT2D eigenvalue weighted by Gasteiger charge is -2.15. The summed E-state index contributed by atoms with van der Waals surface area (Å²) in [5, 5.41) is 0. The summed E-state index contributed by atoms with van der Waals surface area (Å²) in [6.07, 6.45) is 0.758. The molecule has 1 aromatic carbocycles. The molecule has 3 aromatic rings. The Kier molecular flexibility index (Phi) is 3.89. The number of benzene rings is 1. The first-order valence-corrected chi connectivity index (χ1v) is 7.72. The number of halogens is 1. The standard InChI is InChI=1S/C15H15FN4OS/c1-9-13(22-8-17-9)5-6-20(2)15(21)14-18-11-4-3-10(16)7-12(11)19-14/h3-4,7-8H,5-6H2,1-2H3,(H,18,19). The molecule has 0 radical (unpaired) electrons. The van der Waals surface area contributed by atoms with Crippen molar-refractivity contribution in [3.8, 4) is 0 Å². The molecule has 2 aromatic heterocycles. The van der Waals surface area contributed by atoms with E-state index >= 15 is 0 Å². The summed E-state index contributed by atoms with van der Waals surface area (Å²) >= 11 is 1.59. The zero-order chi connectivity index (χ0) is 15.7. The lowest BCUT2D eigenvalue weighted by Crippen LogP contribution is -2.29. The van der Waals surface area contributed by atoms with E-state index < -0.39 is 0 Å². The molecule has 0 unspecified atom stereocenters. The Balaban J connectivity index is 1.72. The maximum Gasteiger partial charge on any atom is 0.289 e. The summed E-state index contributed by atoms with van der Waals surface area (Å²) in [6.45, 7) is 2.54. The van der Waals surface area contributed by atoms with E-state index in [0.29, 0.717) is 17.6 Å². The highest BCUT2D eigenvalue weighted by Crippen LogP contribution is 2.15. The van der Waals surface area contributed by atoms with Gasteiger partial charge in [-0.25, -0.2) is 14.4 Å². The molecule has 0 saturated carbocycles. The Labute approximate surface area is 130 Å². The number of nitrogens with one attached hydrogen (secondary N) is 1. The fourth-order valence-corrected chi connectivity index (χ4v) is 2.97. The molecule has 5 nitrogen and oxygen atoms in total. The number of nitrogens with zero attached hydrogens (tertiary/aromatic N) is 3. The van der Waals surface area contributed by atoms with Gasteiger partial charge in [-0.05, 0) is 25.1 Å². The maximum atomic E-state index is 13.2. The Morgan fingerprint density at radius 3 is 3.00 bits per heavy atom. The van der Waals surface area contributed by atoms with E-state index in [1.54, 1.807) is 34.9 Å². The highest BCUT2D eigenvalue weighted by Gasteiger charge is 2.16. The van der Waals surface area contributed by atoms with Gasteiger partial charge in [0.1, 0.15) is 5.82 Å². The molecule has 1 amide bonds. The second-order valence-corrected chi connectivity index (χ2v) is 6.02. The van der Waals surface area contributed by atoms with Gasteiger partial charge in [-0.3, -0.25) is 4.79 Å². The smallest absolute Gasteiger partial charge is 0.289 e. The number of aromatic amines is 1. The SMILES string of the molecule is Cc1ncsc1CCN(C)C(=O)c1nc2ccc(F)cc2[nH]1. The summed E-state index contributed by atoms with van der Waals surface area (Å²) in [7, 11) is 1.73. The number of aromatic nitrogens is 3. The third kappa shape index (κ3) is 2.85. The van der Waals surface area contributed by atoms with E-state index in [1.807, 2.05) is 6.92 Å². The summed E-state index contributed by atoms with van der Waals surface area (Å²) in [5.41, 5.74) is 3.91. The predicted molar refractivity (Wildman–Crippen MR) is 83.6 cm³/mol. The number of thiazole rings is 1. The van der Waals surface area contributed by atoms with Crippen LogP contribution in [0, 0.1) is 12.7 Å². The molecule has 3 rings (SSSR count). The van der Waals surface area contributed by atoms with Gasteiger partial charge in [0.25, 0.3) is 5.91 Å². The van der Waals surface area contributed by atoms with Gasteiger partial charge >= 0.3 is 0 Å². The zero-order valence-corrected chi connectivity index (χ0v) is 13.1. The molecule has 0 fully saturated rings. The number of hydrogen-bond acceptors (Lipinski definition) is 4. The molecule has 2 heterocycles. The van der Waals surface area contributed by atoms with Crippen LogP contribution in [0.25, 0.3) is 11.0 Å². The minimum atomic E-state index is -0.357. The first kappa shape index (κ1) is 14.6. The van der Waals surface area contributed by atoms with Gasteiger partial charge in [-0.2, -0.15) is 0 Å². The van der Waals surface area contributed by atoms with Gasteiger partial charge < -0.3 is 9.88 Å². The molecule has 0 bridgehead atoms. The van der Waals surface area contributed by atoms with Gasteiger partial charge in [-0.15, -0.1) is 11.3 Å². The Bertz CT molecular complexity index is 826. The Hall–Kier alpha value is -2.28. The number of likely N-dealkylation sites (N-methyl/N-ethyl adjacent to an activating group) is 1. The van der Waals surface area contributed by atoms with Crippen LogP contribution in [-0.4, -0.2) is 39.4 Å². The highest BCUT2D eigenvalue weighted by molar-refractivity contribution is 7.09. The topological polar surface area (TPSA) is 61.9 Å². The number of aryl methyl sites for hydroxylation is 1. The van der Waals surface area contributed by atoms with Crippen molar-refractivity contribution in [2.24, 2.45) is 0 Å². The molecule has 0 aliphatic rings. The molecule has 0 aliphatic heterocycles. The van der Waals surface area contributed by atoms with Crippen LogP contribution in [0.15, 0.2) is 23.7 Å². The van der Waals surface area contributed by atoms with Crippen LogP contribution in [0.5, 0.6) is 0 Å². The number of hydrogen-bond donors (Lipinski definition) is 1. The van der Waals surface area contributed by atoms with Crippen molar-refractivity contribution < 1.29 is 9.18 Å². The Morgan fingerprint density at radius 2 is 2.27 bits per heavy atom. The number of rotatable bonds is 4. The second kappa shape index (κ2) is 5.84. The van der Waals surface area contributed by atoms with Gasteiger partial charge in [-0.1, -0.05) is 0 Å². The molecule has 0 saturated heterocycles. The van der Waals surface area contributed by atoms with Crippen molar-refractivity contribution in [3.63, 3.8) is 0 Å². The van der Waals surface area contributed by atoms with E-state index in [0.717, 1.165) is 12.1 Å². The van der Waals surface area contributed by atoms with E-state index in [1.165, 1.54) is 17.0 Å². The summed E-state index contributed by atoms with van der Waals surface area (Å²) in [5.74, 6) is -0.341. The monoisotopic (exact) mass is 318 g/mol. The largest absolute Gasteiger partial charge is 0.339 e. The molecule has 0 aliphatic carbocycles. The number of imidazole rings is 1. The van der Waals surface area contributed by atoms with Crippen molar-refractivity contribution in [2.45, 2.75) is 13.3 Å².